The molecule has 0 spiro atoms. The standard InChI is InChI=1S/C19H34FN3O5Si/c1-19(2,3)29(5,6)28-13-14(20)12-27-18-17(23(24)25)11-22(21-18)15-7-9-16(26-4)10-8-15/h11,14-16H,7-10,12-13H2,1-6H3. The number of nitrogens with zero attached hydrogens (tertiary/aromatic N) is 3. The van der Waals surface area contributed by atoms with Crippen molar-refractivity contribution in [3.8, 4) is 5.88 Å². The van der Waals surface area contributed by atoms with Crippen molar-refractivity contribution >= 4 is 14.0 Å². The van der Waals surface area contributed by atoms with Crippen LogP contribution >= 0.6 is 0 Å². The Kier molecular flexibility index (Phi) is 7.80. The molecular weight excluding hydrogens is 397 g/mol. The first-order valence-electron chi connectivity index (χ1n) is 10.1. The van der Waals surface area contributed by atoms with Crippen molar-refractivity contribution in [1.29, 1.82) is 0 Å². The van der Waals surface area contributed by atoms with Crippen LogP contribution in [0.25, 0.3) is 0 Å². The van der Waals surface area contributed by atoms with Gasteiger partial charge in [0.2, 0.25) is 0 Å². The highest BCUT2D eigenvalue weighted by molar-refractivity contribution is 6.74. The number of aromatic nitrogens is 2. The van der Waals surface area contributed by atoms with Crippen LogP contribution in [0.4, 0.5) is 10.1 Å². The van der Waals surface area contributed by atoms with Gasteiger partial charge in [0.1, 0.15) is 12.8 Å². The first-order valence-corrected chi connectivity index (χ1v) is 13.0. The Bertz CT molecular complexity index is 684. The molecular formula is C19H34FN3O5Si. The molecule has 0 amide bonds. The Morgan fingerprint density at radius 3 is 2.45 bits per heavy atom. The van der Waals surface area contributed by atoms with Crippen LogP contribution in [0.3, 0.4) is 0 Å². The minimum Gasteiger partial charge on any atom is -0.469 e. The second-order valence-corrected chi connectivity index (χ2v) is 14.0. The molecule has 1 saturated carbocycles. The van der Waals surface area contributed by atoms with Crippen LogP contribution in [-0.2, 0) is 9.16 Å². The fourth-order valence-electron chi connectivity index (χ4n) is 3.06. The second-order valence-electron chi connectivity index (χ2n) is 9.20. The van der Waals surface area contributed by atoms with Crippen molar-refractivity contribution in [2.45, 2.75) is 82.9 Å². The Labute approximate surface area is 173 Å². The molecule has 0 aliphatic heterocycles. The summed E-state index contributed by atoms with van der Waals surface area (Å²) in [7, 11) is -0.374. The number of ether oxygens (including phenoxy) is 2. The molecule has 1 aromatic rings. The van der Waals surface area contributed by atoms with E-state index in [9.17, 15) is 14.5 Å². The van der Waals surface area contributed by atoms with E-state index in [4.69, 9.17) is 13.9 Å². The molecule has 8 nitrogen and oxygen atoms in total. The van der Waals surface area contributed by atoms with Gasteiger partial charge < -0.3 is 13.9 Å². The summed E-state index contributed by atoms with van der Waals surface area (Å²) < 4.78 is 32.5. The summed E-state index contributed by atoms with van der Waals surface area (Å²) in [5, 5.41) is 15.6. The molecule has 1 heterocycles. The lowest BCUT2D eigenvalue weighted by atomic mass is 9.93. The van der Waals surface area contributed by atoms with Crippen molar-refractivity contribution in [3.63, 3.8) is 0 Å². The van der Waals surface area contributed by atoms with Crippen LogP contribution in [0.1, 0.15) is 52.5 Å². The molecule has 1 aromatic heterocycles. The van der Waals surface area contributed by atoms with E-state index in [1.165, 1.54) is 6.20 Å². The Hall–Kier alpha value is -1.52. The fraction of sp³-hybridized carbons (Fsp3) is 0.842. The summed E-state index contributed by atoms with van der Waals surface area (Å²) in [5.41, 5.74) is -0.239. The van der Waals surface area contributed by atoms with E-state index in [0.29, 0.717) is 0 Å². The number of hydrogen-bond acceptors (Lipinski definition) is 6. The van der Waals surface area contributed by atoms with Crippen molar-refractivity contribution in [3.05, 3.63) is 16.3 Å². The summed E-state index contributed by atoms with van der Waals surface area (Å²) in [6.07, 6.45) is 3.62. The number of halogens is 1. The lowest BCUT2D eigenvalue weighted by Gasteiger charge is -2.36. The largest absolute Gasteiger partial charge is 0.469 e. The molecule has 1 atom stereocenters. The SMILES string of the molecule is COC1CCC(n2cc([N+](=O)[O-])c(OCC(F)CO[Si](C)(C)C(C)(C)C)n2)CC1. The van der Waals surface area contributed by atoms with Crippen LogP contribution in [0.15, 0.2) is 6.20 Å². The van der Waals surface area contributed by atoms with Crippen LogP contribution in [0, 0.1) is 10.1 Å². The van der Waals surface area contributed by atoms with Gasteiger partial charge >= 0.3 is 11.6 Å². The topological polar surface area (TPSA) is 88.7 Å². The van der Waals surface area contributed by atoms with Crippen LogP contribution in [0.2, 0.25) is 18.1 Å². The summed E-state index contributed by atoms with van der Waals surface area (Å²) in [4.78, 5) is 10.8. The summed E-state index contributed by atoms with van der Waals surface area (Å²) in [5.74, 6) is -0.140. The monoisotopic (exact) mass is 431 g/mol. The van der Waals surface area contributed by atoms with Gasteiger partial charge in [-0.25, -0.2) is 4.39 Å². The fourth-order valence-corrected chi connectivity index (χ4v) is 4.09. The molecule has 0 bridgehead atoms. The maximum absolute atomic E-state index is 14.3. The van der Waals surface area contributed by atoms with E-state index >= 15 is 0 Å². The second kappa shape index (κ2) is 9.52. The lowest BCUT2D eigenvalue weighted by Crippen LogP contribution is -2.42. The van der Waals surface area contributed by atoms with Crippen molar-refractivity contribution < 1.29 is 23.2 Å². The van der Waals surface area contributed by atoms with Gasteiger partial charge in [-0.1, -0.05) is 20.8 Å². The molecule has 0 saturated heterocycles. The van der Waals surface area contributed by atoms with Gasteiger partial charge in [-0.3, -0.25) is 14.8 Å². The highest BCUT2D eigenvalue weighted by Crippen LogP contribution is 2.37. The maximum Gasteiger partial charge on any atom is 0.350 e. The summed E-state index contributed by atoms with van der Waals surface area (Å²) >= 11 is 0. The molecule has 1 unspecified atom stereocenters. The Morgan fingerprint density at radius 1 is 1.31 bits per heavy atom. The van der Waals surface area contributed by atoms with Crippen LogP contribution in [0.5, 0.6) is 5.88 Å². The van der Waals surface area contributed by atoms with Gasteiger partial charge in [-0.05, 0) is 43.8 Å². The normalized spacial score (nSPS) is 21.8. The molecule has 0 N–H and O–H groups in total. The van der Waals surface area contributed by atoms with Gasteiger partial charge in [0.15, 0.2) is 14.5 Å². The number of methoxy groups -OCH3 is 1. The zero-order chi connectivity index (χ0) is 21.8. The van der Waals surface area contributed by atoms with Crippen molar-refractivity contribution in [1.82, 2.24) is 9.78 Å². The molecule has 166 valence electrons. The number of nitro groups is 1. The lowest BCUT2D eigenvalue weighted by molar-refractivity contribution is -0.386. The minimum absolute atomic E-state index is 0.0209. The average molecular weight is 432 g/mol. The zero-order valence-corrected chi connectivity index (χ0v) is 19.3. The summed E-state index contributed by atoms with van der Waals surface area (Å²) in [6, 6.07) is 0.0561. The van der Waals surface area contributed by atoms with Crippen molar-refractivity contribution in [2.24, 2.45) is 0 Å². The Morgan fingerprint density at radius 2 is 1.93 bits per heavy atom. The van der Waals surface area contributed by atoms with E-state index in [1.54, 1.807) is 11.8 Å². The zero-order valence-electron chi connectivity index (χ0n) is 18.3. The van der Waals surface area contributed by atoms with E-state index in [0.717, 1.165) is 25.7 Å². The highest BCUT2D eigenvalue weighted by atomic mass is 28.4. The van der Waals surface area contributed by atoms with Gasteiger partial charge in [0, 0.05) is 7.11 Å². The van der Waals surface area contributed by atoms with Gasteiger partial charge in [-0.2, -0.15) is 0 Å². The quantitative estimate of drug-likeness (QED) is 0.321. The van der Waals surface area contributed by atoms with Crippen molar-refractivity contribution in [2.75, 3.05) is 20.3 Å². The maximum atomic E-state index is 14.3. The van der Waals surface area contributed by atoms with E-state index in [2.05, 4.69) is 25.9 Å². The van der Waals surface area contributed by atoms with E-state index < -0.39 is 19.4 Å². The molecule has 1 fully saturated rings. The molecule has 1 aliphatic carbocycles. The van der Waals surface area contributed by atoms with E-state index in [1.807, 2.05) is 13.1 Å². The number of alkyl halides is 1. The average Bonchev–Trinajstić information content (AvgIpc) is 3.08. The predicted molar refractivity (Wildman–Crippen MR) is 111 cm³/mol. The molecule has 2 rings (SSSR count). The first-order chi connectivity index (χ1) is 13.4. The highest BCUT2D eigenvalue weighted by Gasteiger charge is 2.37. The molecule has 0 aromatic carbocycles. The van der Waals surface area contributed by atoms with Crippen LogP contribution in [-0.4, -0.2) is 55.6 Å². The molecule has 29 heavy (non-hydrogen) atoms. The predicted octanol–water partition coefficient (Wildman–Crippen LogP) is 4.66. The minimum atomic E-state index is -2.07. The van der Waals surface area contributed by atoms with Crippen LogP contribution < -0.4 is 4.74 Å². The van der Waals surface area contributed by atoms with Gasteiger partial charge in [0.25, 0.3) is 0 Å². The third-order valence-electron chi connectivity index (χ3n) is 6.06. The van der Waals surface area contributed by atoms with Gasteiger partial charge in [-0.15, -0.1) is 5.10 Å². The molecule has 0 radical (unpaired) electrons. The molecule has 1 aliphatic rings. The Balaban J connectivity index is 1.96. The number of hydrogen-bond donors (Lipinski definition) is 0. The summed E-state index contributed by atoms with van der Waals surface area (Å²) in [6.45, 7) is 9.92. The smallest absolute Gasteiger partial charge is 0.350 e. The third kappa shape index (κ3) is 6.23. The third-order valence-corrected chi connectivity index (χ3v) is 10.6. The first kappa shape index (κ1) is 23.8. The van der Waals surface area contributed by atoms with E-state index in [-0.39, 0.29) is 42.0 Å². The number of rotatable bonds is 9. The molecule has 10 heteroatoms. The van der Waals surface area contributed by atoms with Gasteiger partial charge in [0.05, 0.1) is 23.7 Å².